The van der Waals surface area contributed by atoms with Crippen LogP contribution in [0.5, 0.6) is 0 Å². The summed E-state index contributed by atoms with van der Waals surface area (Å²) in [6.07, 6.45) is 13.1. The van der Waals surface area contributed by atoms with Crippen LogP contribution in [0, 0.1) is 38.2 Å². The molecule has 0 aliphatic carbocycles. The standard InChI is InChI=1S/C35H30N6.Ir/c1-32-26-8-5-11-29(20-26)33(2)36-14-16-38(23-36)34(3,30-12-6-9-27(32)21-30)40-18-19-41(25-40)35(4,39-17-15-37(33)24-39)31-13-7-10-28(32)22-31;/h5-19,23-25H,1-4H3;/q-6;. The second-order valence-electron chi connectivity index (χ2n) is 12.3. The summed E-state index contributed by atoms with van der Waals surface area (Å²) in [4.78, 5) is 13.8. The topological polar surface area (TPSA) is 19.4 Å². The summed E-state index contributed by atoms with van der Waals surface area (Å²) in [6.45, 7) is 15.8. The van der Waals surface area contributed by atoms with Crippen molar-refractivity contribution in [2.75, 3.05) is 0 Å². The van der Waals surface area contributed by atoms with Gasteiger partial charge in [-0.3, -0.25) is 0 Å². The summed E-state index contributed by atoms with van der Waals surface area (Å²) in [7, 11) is 0. The SMILES string of the molecule is CC12c3[c-]c(ccc3)C3(C)N4C=CN([CH-]4)C(C)(c4[c-]c1ccc4)N1C=CN([CH-]1)C(C)(c1[c-]c2ccc1)N1C=CN3[CH-]1.[Ir]. The van der Waals surface area contributed by atoms with Crippen molar-refractivity contribution >= 4 is 0 Å². The van der Waals surface area contributed by atoms with Gasteiger partial charge >= 0.3 is 0 Å². The smallest absolute Gasteiger partial charge is 0.0603 e. The third-order valence-corrected chi connectivity index (χ3v) is 10.5. The Labute approximate surface area is 262 Å². The minimum absolute atomic E-state index is 0. The van der Waals surface area contributed by atoms with Crippen molar-refractivity contribution in [3.8, 4) is 0 Å². The van der Waals surface area contributed by atoms with E-state index >= 15 is 0 Å². The van der Waals surface area contributed by atoms with Gasteiger partial charge in [0.1, 0.15) is 0 Å². The fraction of sp³-hybridized carbons (Fsp3) is 0.229. The molecule has 7 aliphatic heterocycles. The molecule has 0 saturated carbocycles. The van der Waals surface area contributed by atoms with Crippen LogP contribution in [0.4, 0.5) is 0 Å². The number of nitrogens with zero attached hydrogens (tertiary/aromatic N) is 6. The first-order valence-electron chi connectivity index (χ1n) is 14.2. The fourth-order valence-corrected chi connectivity index (χ4v) is 7.39. The number of benzene rings is 3. The molecule has 0 spiro atoms. The van der Waals surface area contributed by atoms with Crippen LogP contribution in [-0.2, 0) is 42.5 Å². The summed E-state index contributed by atoms with van der Waals surface area (Å²) in [5.74, 6) is 0. The number of hydrogen-bond acceptors (Lipinski definition) is 6. The van der Waals surface area contributed by atoms with Crippen LogP contribution in [0.25, 0.3) is 0 Å². The first-order chi connectivity index (χ1) is 19.8. The molecule has 7 heterocycles. The molecule has 10 rings (SSSR count). The predicted molar refractivity (Wildman–Crippen MR) is 155 cm³/mol. The zero-order valence-electron chi connectivity index (χ0n) is 23.9. The maximum absolute atomic E-state index is 3.94. The van der Waals surface area contributed by atoms with Gasteiger partial charge < -0.3 is 29.4 Å². The molecule has 0 N–H and O–H groups in total. The van der Waals surface area contributed by atoms with Crippen LogP contribution in [0.1, 0.15) is 61.1 Å². The first kappa shape index (κ1) is 26.0. The third-order valence-electron chi connectivity index (χ3n) is 10.5. The van der Waals surface area contributed by atoms with Crippen LogP contribution in [0.2, 0.25) is 0 Å². The molecule has 1 saturated heterocycles. The van der Waals surface area contributed by atoms with E-state index in [1.807, 2.05) is 0 Å². The molecular weight excluding hydrogens is 697 g/mol. The number of rotatable bonds is 0. The Morgan fingerprint density at radius 2 is 0.667 bits per heavy atom. The minimum Gasteiger partial charge on any atom is -0.487 e. The van der Waals surface area contributed by atoms with E-state index < -0.39 is 22.4 Å². The molecule has 3 aromatic carbocycles. The molecule has 0 atom stereocenters. The van der Waals surface area contributed by atoms with Crippen LogP contribution in [-0.4, -0.2) is 29.4 Å². The Bertz CT molecular complexity index is 1480. The van der Waals surface area contributed by atoms with Crippen molar-refractivity contribution in [3.05, 3.63) is 163 Å². The van der Waals surface area contributed by atoms with Crippen molar-refractivity contribution in [2.24, 2.45) is 0 Å². The Morgan fingerprint density at radius 3 is 0.929 bits per heavy atom. The maximum atomic E-state index is 3.94. The molecule has 0 amide bonds. The van der Waals surface area contributed by atoms with Crippen LogP contribution < -0.4 is 0 Å². The van der Waals surface area contributed by atoms with E-state index in [2.05, 4.69) is 187 Å². The van der Waals surface area contributed by atoms with E-state index in [4.69, 9.17) is 0 Å². The third kappa shape index (κ3) is 2.89. The van der Waals surface area contributed by atoms with E-state index in [9.17, 15) is 0 Å². The minimum atomic E-state index is -0.595. The van der Waals surface area contributed by atoms with Crippen LogP contribution in [0.15, 0.2) is 91.8 Å². The summed E-state index contributed by atoms with van der Waals surface area (Å²) in [5, 5.41) is 0. The molecule has 16 bridgehead atoms. The van der Waals surface area contributed by atoms with Gasteiger partial charge in [0.15, 0.2) is 0 Å². The normalized spacial score (nSPS) is 32.6. The van der Waals surface area contributed by atoms with Gasteiger partial charge in [0.05, 0.1) is 17.0 Å². The first-order valence-corrected chi connectivity index (χ1v) is 14.2. The van der Waals surface area contributed by atoms with Crippen molar-refractivity contribution in [1.82, 2.24) is 29.4 Å². The van der Waals surface area contributed by atoms with E-state index in [-0.39, 0.29) is 20.1 Å². The Balaban J connectivity index is 0.00000267. The van der Waals surface area contributed by atoms with Crippen molar-refractivity contribution in [2.45, 2.75) is 50.1 Å². The molecular formula is C35H30IrN6-6. The second kappa shape index (κ2) is 8.24. The Morgan fingerprint density at radius 1 is 0.429 bits per heavy atom. The van der Waals surface area contributed by atoms with Crippen LogP contribution >= 0.6 is 0 Å². The van der Waals surface area contributed by atoms with E-state index in [0.717, 1.165) is 33.4 Å². The van der Waals surface area contributed by atoms with Gasteiger partial charge in [-0.2, -0.15) is 109 Å². The van der Waals surface area contributed by atoms with Gasteiger partial charge in [-0.15, -0.1) is 16.7 Å². The summed E-state index contributed by atoms with van der Waals surface area (Å²) >= 11 is 0. The average Bonchev–Trinajstić information content (AvgIpc) is 3.80. The molecule has 7 heteroatoms. The molecule has 215 valence electrons. The van der Waals surface area contributed by atoms with Gasteiger partial charge in [-0.1, -0.05) is 6.92 Å². The van der Waals surface area contributed by atoms with Gasteiger partial charge in [-0.05, 0) is 63.4 Å². The predicted octanol–water partition coefficient (Wildman–Crippen LogP) is 5.62. The summed E-state index contributed by atoms with van der Waals surface area (Å²) < 4.78 is 0. The Hall–Kier alpha value is -3.67. The van der Waals surface area contributed by atoms with Crippen LogP contribution in [0.3, 0.4) is 0 Å². The quantitative estimate of drug-likeness (QED) is 0.279. The average molecular weight is 727 g/mol. The van der Waals surface area contributed by atoms with Gasteiger partial charge in [-0.25, -0.2) is 0 Å². The maximum Gasteiger partial charge on any atom is 0.0603 e. The molecule has 0 aromatic heterocycles. The van der Waals surface area contributed by atoms with Gasteiger partial charge in [0, 0.05) is 20.1 Å². The zero-order chi connectivity index (χ0) is 27.8. The zero-order valence-corrected chi connectivity index (χ0v) is 26.3. The molecule has 1 radical (unpaired) electrons. The van der Waals surface area contributed by atoms with Gasteiger partial charge in [0.25, 0.3) is 0 Å². The monoisotopic (exact) mass is 727 g/mol. The van der Waals surface area contributed by atoms with E-state index in [0.29, 0.717) is 0 Å². The van der Waals surface area contributed by atoms with Crippen molar-refractivity contribution in [1.29, 1.82) is 0 Å². The van der Waals surface area contributed by atoms with E-state index in [1.165, 1.54) is 0 Å². The van der Waals surface area contributed by atoms with Crippen molar-refractivity contribution < 1.29 is 20.1 Å². The summed E-state index contributed by atoms with van der Waals surface area (Å²) in [5.41, 5.74) is 4.18. The molecule has 0 unspecified atom stereocenters. The van der Waals surface area contributed by atoms with Gasteiger partial charge in [0.2, 0.25) is 0 Å². The molecule has 42 heavy (non-hydrogen) atoms. The number of hydrogen-bond donors (Lipinski definition) is 0. The molecule has 3 aromatic rings. The second-order valence-corrected chi connectivity index (χ2v) is 12.3. The van der Waals surface area contributed by atoms with E-state index in [1.54, 1.807) is 0 Å². The van der Waals surface area contributed by atoms with Crippen molar-refractivity contribution in [3.63, 3.8) is 0 Å². The largest absolute Gasteiger partial charge is 0.487 e. The Kier molecular flexibility index (Phi) is 5.10. The molecule has 1 fully saturated rings. The summed E-state index contributed by atoms with van der Waals surface area (Å²) in [6, 6.07) is 31.6. The molecule has 7 aliphatic rings. The fourth-order valence-electron chi connectivity index (χ4n) is 7.39. The molecule has 6 nitrogen and oxygen atoms in total.